The molecule has 0 amide bonds. The predicted molar refractivity (Wildman–Crippen MR) is 68.0 cm³/mol. The highest BCUT2D eigenvalue weighted by Crippen LogP contribution is 2.19. The molecule has 0 unspecified atom stereocenters. The van der Waals surface area contributed by atoms with Gasteiger partial charge in [0.1, 0.15) is 0 Å². The Kier molecular flexibility index (Phi) is 3.60. The van der Waals surface area contributed by atoms with Crippen molar-refractivity contribution in [3.8, 4) is 11.8 Å². The summed E-state index contributed by atoms with van der Waals surface area (Å²) in [7, 11) is 1.35. The summed E-state index contributed by atoms with van der Waals surface area (Å²) < 4.78 is 4.75. The van der Waals surface area contributed by atoms with Crippen molar-refractivity contribution in [3.05, 3.63) is 29.5 Å². The highest BCUT2D eigenvalue weighted by molar-refractivity contribution is 6.03. The van der Waals surface area contributed by atoms with Crippen LogP contribution < -0.4 is 5.73 Å². The van der Waals surface area contributed by atoms with Crippen molar-refractivity contribution in [3.63, 3.8) is 0 Å². The SMILES string of the molecule is COC(=O)c1cc(C#CCCN)cc2[nH]ncc12. The summed E-state index contributed by atoms with van der Waals surface area (Å²) in [5, 5.41) is 7.46. The van der Waals surface area contributed by atoms with Gasteiger partial charge in [-0.25, -0.2) is 4.79 Å². The number of aromatic amines is 1. The molecule has 18 heavy (non-hydrogen) atoms. The molecule has 3 N–H and O–H groups in total. The zero-order valence-corrected chi connectivity index (χ0v) is 9.99. The van der Waals surface area contributed by atoms with Gasteiger partial charge in [-0.15, -0.1) is 0 Å². The number of benzene rings is 1. The quantitative estimate of drug-likeness (QED) is 0.610. The van der Waals surface area contributed by atoms with Crippen LogP contribution in [-0.2, 0) is 4.74 Å². The molecule has 0 aliphatic rings. The molecular weight excluding hydrogens is 230 g/mol. The van der Waals surface area contributed by atoms with E-state index in [1.54, 1.807) is 12.3 Å². The maximum absolute atomic E-state index is 11.7. The number of nitrogens with two attached hydrogens (primary N) is 1. The number of aromatic nitrogens is 2. The van der Waals surface area contributed by atoms with E-state index in [2.05, 4.69) is 22.0 Å². The van der Waals surface area contributed by atoms with Gasteiger partial charge in [-0.1, -0.05) is 11.8 Å². The molecular formula is C13H13N3O2. The first-order valence-electron chi connectivity index (χ1n) is 5.50. The molecule has 92 valence electrons. The number of carbonyl (C=O) groups excluding carboxylic acids is 1. The van der Waals surface area contributed by atoms with E-state index in [9.17, 15) is 4.79 Å². The second-order valence-electron chi connectivity index (χ2n) is 3.69. The molecule has 0 saturated heterocycles. The van der Waals surface area contributed by atoms with Gasteiger partial charge >= 0.3 is 5.97 Å². The van der Waals surface area contributed by atoms with Crippen molar-refractivity contribution >= 4 is 16.9 Å². The van der Waals surface area contributed by atoms with Crippen LogP contribution in [0.1, 0.15) is 22.3 Å². The molecule has 1 heterocycles. The summed E-state index contributed by atoms with van der Waals surface area (Å²) in [6, 6.07) is 3.55. The number of fused-ring (bicyclic) bond motifs is 1. The number of hydrogen-bond acceptors (Lipinski definition) is 4. The number of H-pyrrole nitrogens is 1. The van der Waals surface area contributed by atoms with Crippen LogP contribution in [0.3, 0.4) is 0 Å². The predicted octanol–water partition coefficient (Wildman–Crippen LogP) is 1.05. The summed E-state index contributed by atoms with van der Waals surface area (Å²) in [5.41, 5.74) is 7.33. The lowest BCUT2D eigenvalue weighted by Gasteiger charge is -2.01. The zero-order chi connectivity index (χ0) is 13.0. The highest BCUT2D eigenvalue weighted by Gasteiger charge is 2.12. The highest BCUT2D eigenvalue weighted by atomic mass is 16.5. The van der Waals surface area contributed by atoms with Crippen LogP contribution >= 0.6 is 0 Å². The van der Waals surface area contributed by atoms with Gasteiger partial charge in [-0.05, 0) is 12.1 Å². The normalized spacial score (nSPS) is 9.89. The summed E-state index contributed by atoms with van der Waals surface area (Å²) in [6.45, 7) is 0.517. The molecule has 2 rings (SSSR count). The van der Waals surface area contributed by atoms with Gasteiger partial charge in [0.25, 0.3) is 0 Å². The first kappa shape index (κ1) is 12.1. The van der Waals surface area contributed by atoms with Gasteiger partial charge in [0.15, 0.2) is 0 Å². The third-order valence-electron chi connectivity index (χ3n) is 2.47. The number of nitrogens with zero attached hydrogens (tertiary/aromatic N) is 1. The van der Waals surface area contributed by atoms with Crippen LogP contribution in [0, 0.1) is 11.8 Å². The molecule has 0 radical (unpaired) electrons. The summed E-state index contributed by atoms with van der Waals surface area (Å²) in [4.78, 5) is 11.7. The van der Waals surface area contributed by atoms with E-state index >= 15 is 0 Å². The second-order valence-corrected chi connectivity index (χ2v) is 3.69. The van der Waals surface area contributed by atoms with Crippen molar-refractivity contribution < 1.29 is 9.53 Å². The van der Waals surface area contributed by atoms with E-state index in [1.807, 2.05) is 6.07 Å². The van der Waals surface area contributed by atoms with Crippen LogP contribution in [0.2, 0.25) is 0 Å². The van der Waals surface area contributed by atoms with Gasteiger partial charge in [0.2, 0.25) is 0 Å². The Labute approximate surface area is 104 Å². The lowest BCUT2D eigenvalue weighted by Crippen LogP contribution is -2.02. The standard InChI is InChI=1S/C13H13N3O2/c1-18-13(17)10-6-9(4-2-3-5-14)7-12-11(10)8-15-16-12/h6-8H,3,5,14H2,1H3,(H,15,16). The van der Waals surface area contributed by atoms with E-state index in [0.29, 0.717) is 18.5 Å². The minimum absolute atomic E-state index is 0.399. The third kappa shape index (κ3) is 2.34. The number of rotatable bonds is 2. The summed E-state index contributed by atoms with van der Waals surface area (Å²) in [6.07, 6.45) is 2.22. The first-order valence-corrected chi connectivity index (χ1v) is 5.50. The molecule has 0 atom stereocenters. The zero-order valence-electron chi connectivity index (χ0n) is 9.99. The van der Waals surface area contributed by atoms with E-state index in [1.165, 1.54) is 7.11 Å². The average molecular weight is 243 g/mol. The largest absolute Gasteiger partial charge is 0.465 e. The molecule has 1 aromatic carbocycles. The fraction of sp³-hybridized carbons (Fsp3) is 0.231. The Balaban J connectivity index is 2.51. The molecule has 0 fully saturated rings. The smallest absolute Gasteiger partial charge is 0.338 e. The second kappa shape index (κ2) is 5.34. The minimum Gasteiger partial charge on any atom is -0.465 e. The molecule has 0 saturated carbocycles. The summed E-state index contributed by atoms with van der Waals surface area (Å²) in [5.74, 6) is 5.49. The van der Waals surface area contributed by atoms with Crippen molar-refractivity contribution in [1.82, 2.24) is 10.2 Å². The van der Waals surface area contributed by atoms with Gasteiger partial charge in [0.05, 0.1) is 24.4 Å². The fourth-order valence-corrected chi connectivity index (χ4v) is 1.64. The Bertz CT molecular complexity index is 634. The molecule has 1 aromatic heterocycles. The van der Waals surface area contributed by atoms with Crippen molar-refractivity contribution in [1.29, 1.82) is 0 Å². The fourth-order valence-electron chi connectivity index (χ4n) is 1.64. The molecule has 5 heteroatoms. The Morgan fingerprint density at radius 3 is 3.11 bits per heavy atom. The van der Waals surface area contributed by atoms with E-state index in [4.69, 9.17) is 10.5 Å². The van der Waals surface area contributed by atoms with Gasteiger partial charge in [-0.2, -0.15) is 5.10 Å². The summed E-state index contributed by atoms with van der Waals surface area (Å²) >= 11 is 0. The topological polar surface area (TPSA) is 81.0 Å². The minimum atomic E-state index is -0.399. The lowest BCUT2D eigenvalue weighted by atomic mass is 10.1. The Morgan fingerprint density at radius 1 is 1.56 bits per heavy atom. The maximum Gasteiger partial charge on any atom is 0.338 e. The van der Waals surface area contributed by atoms with Crippen molar-refractivity contribution in [2.24, 2.45) is 5.73 Å². The number of nitrogens with one attached hydrogen (secondary N) is 1. The average Bonchev–Trinajstić information content (AvgIpc) is 2.85. The van der Waals surface area contributed by atoms with Crippen LogP contribution in [0.4, 0.5) is 0 Å². The van der Waals surface area contributed by atoms with Crippen LogP contribution in [0.25, 0.3) is 10.9 Å². The first-order chi connectivity index (χ1) is 8.76. The molecule has 0 aliphatic carbocycles. The molecule has 0 spiro atoms. The number of hydrogen-bond donors (Lipinski definition) is 2. The monoisotopic (exact) mass is 243 g/mol. The van der Waals surface area contributed by atoms with E-state index in [-0.39, 0.29) is 0 Å². The van der Waals surface area contributed by atoms with Crippen LogP contribution in [0.15, 0.2) is 18.3 Å². The van der Waals surface area contributed by atoms with Crippen LogP contribution in [-0.4, -0.2) is 29.8 Å². The Morgan fingerprint density at radius 2 is 2.39 bits per heavy atom. The molecule has 0 bridgehead atoms. The molecule has 0 aliphatic heterocycles. The van der Waals surface area contributed by atoms with Crippen LogP contribution in [0.5, 0.6) is 0 Å². The van der Waals surface area contributed by atoms with Crippen molar-refractivity contribution in [2.45, 2.75) is 6.42 Å². The van der Waals surface area contributed by atoms with Gasteiger partial charge in [0, 0.05) is 23.9 Å². The number of carbonyl (C=O) groups is 1. The van der Waals surface area contributed by atoms with Gasteiger partial charge in [-0.3, -0.25) is 5.10 Å². The van der Waals surface area contributed by atoms with Crippen molar-refractivity contribution in [2.75, 3.05) is 13.7 Å². The molecule has 5 nitrogen and oxygen atoms in total. The maximum atomic E-state index is 11.7. The third-order valence-corrected chi connectivity index (χ3v) is 2.47. The number of ether oxygens (including phenoxy) is 1. The van der Waals surface area contributed by atoms with E-state index in [0.717, 1.165) is 16.5 Å². The molecule has 2 aromatic rings. The number of methoxy groups -OCH3 is 1. The van der Waals surface area contributed by atoms with Gasteiger partial charge < -0.3 is 10.5 Å². The Hall–Kier alpha value is -2.32. The van der Waals surface area contributed by atoms with E-state index < -0.39 is 5.97 Å². The number of esters is 1. The lowest BCUT2D eigenvalue weighted by molar-refractivity contribution is 0.0603.